The van der Waals surface area contributed by atoms with Gasteiger partial charge in [0.2, 0.25) is 0 Å². The maximum absolute atomic E-state index is 12.5. The molecule has 10 heteroatoms. The molecule has 140 valence electrons. The van der Waals surface area contributed by atoms with E-state index < -0.39 is 40.8 Å². The van der Waals surface area contributed by atoms with Crippen LogP contribution in [-0.4, -0.2) is 42.2 Å². The van der Waals surface area contributed by atoms with Gasteiger partial charge >= 0.3 is 5.97 Å². The topological polar surface area (TPSA) is 121 Å². The number of carbonyl (C=O) groups is 3. The first-order valence-electron chi connectivity index (χ1n) is 7.70. The molecule has 2 amide bonds. The molecular weight excluding hydrogens is 396 g/mol. The van der Waals surface area contributed by atoms with Gasteiger partial charge in [-0.05, 0) is 42.5 Å². The molecule has 1 heterocycles. The van der Waals surface area contributed by atoms with Gasteiger partial charge in [-0.1, -0.05) is 11.6 Å². The quantitative estimate of drug-likeness (QED) is 0.782. The molecule has 2 N–H and O–H groups in total. The molecule has 2 aromatic rings. The monoisotopic (exact) mass is 408 g/mol. The first-order chi connectivity index (χ1) is 12.7. The van der Waals surface area contributed by atoms with Gasteiger partial charge in [-0.15, -0.1) is 0 Å². The Hall–Kier alpha value is -2.91. The summed E-state index contributed by atoms with van der Waals surface area (Å²) in [7, 11) is -4.17. The van der Waals surface area contributed by atoms with Crippen LogP contribution in [0.4, 0.5) is 5.69 Å². The molecule has 1 aliphatic heterocycles. The van der Waals surface area contributed by atoms with Gasteiger partial charge in [0.05, 0.1) is 12.0 Å². The number of benzene rings is 2. The first-order valence-corrected chi connectivity index (χ1v) is 9.52. The molecule has 1 aliphatic rings. The molecular formula is C17H13ClN2O6S. The van der Waals surface area contributed by atoms with Crippen LogP contribution in [0.3, 0.4) is 0 Å². The van der Waals surface area contributed by atoms with Gasteiger partial charge in [-0.25, -0.2) is 12.7 Å². The van der Waals surface area contributed by atoms with E-state index >= 15 is 0 Å². The summed E-state index contributed by atoms with van der Waals surface area (Å²) in [6, 6.07) is 9.98. The molecule has 0 saturated carbocycles. The highest BCUT2D eigenvalue weighted by Gasteiger charge is 2.41. The van der Waals surface area contributed by atoms with E-state index in [0.717, 1.165) is 0 Å². The summed E-state index contributed by atoms with van der Waals surface area (Å²) >= 11 is 5.77. The number of carboxylic acids is 1. The fraction of sp³-hybridized carbons (Fsp3) is 0.118. The number of sulfonamides is 1. The molecule has 0 unspecified atom stereocenters. The van der Waals surface area contributed by atoms with Gasteiger partial charge in [0.25, 0.3) is 21.8 Å². The normalized spacial score (nSPS) is 14.7. The summed E-state index contributed by atoms with van der Waals surface area (Å²) in [5.41, 5.74) is 0.442. The van der Waals surface area contributed by atoms with Crippen molar-refractivity contribution in [1.29, 1.82) is 0 Å². The predicted octanol–water partition coefficient (Wildman–Crippen LogP) is 2.21. The fourth-order valence-corrected chi connectivity index (χ4v) is 4.30. The van der Waals surface area contributed by atoms with Crippen molar-refractivity contribution in [2.24, 2.45) is 0 Å². The zero-order valence-corrected chi connectivity index (χ0v) is 15.2. The highest BCUT2D eigenvalue weighted by molar-refractivity contribution is 7.90. The second-order valence-electron chi connectivity index (χ2n) is 5.70. The summed E-state index contributed by atoms with van der Waals surface area (Å²) in [6.45, 7) is -0.461. The van der Waals surface area contributed by atoms with Crippen molar-refractivity contribution in [3.63, 3.8) is 0 Å². The van der Waals surface area contributed by atoms with Gasteiger partial charge in [0.15, 0.2) is 0 Å². The molecule has 0 atom stereocenters. The standard InChI is InChI=1S/C17H13ClN2O6S/c18-11-3-1-10(2-4-11)16(23)19-12-5-6-13-14(9-12)27(25,26)20(17(13)24)8-7-15(21)22/h1-6,9H,7-8H2,(H,19,23)(H,21,22). The lowest BCUT2D eigenvalue weighted by molar-refractivity contribution is -0.137. The molecule has 3 rings (SSSR count). The Labute approximate surface area is 159 Å². The molecule has 0 spiro atoms. The number of carboxylic acid groups (broad SMARTS) is 1. The third kappa shape index (κ3) is 3.64. The van der Waals surface area contributed by atoms with E-state index in [1.807, 2.05) is 0 Å². The maximum atomic E-state index is 12.5. The molecule has 0 saturated heterocycles. The SMILES string of the molecule is O=C(O)CCN1C(=O)c2ccc(NC(=O)c3ccc(Cl)cc3)cc2S1(=O)=O. The zero-order valence-electron chi connectivity index (χ0n) is 13.7. The number of halogens is 1. The van der Waals surface area contributed by atoms with Gasteiger partial charge in [0, 0.05) is 22.8 Å². The minimum absolute atomic E-state index is 0.0649. The Bertz CT molecular complexity index is 1050. The van der Waals surface area contributed by atoms with Crippen molar-refractivity contribution in [3.05, 3.63) is 58.6 Å². The van der Waals surface area contributed by atoms with Crippen molar-refractivity contribution in [2.45, 2.75) is 11.3 Å². The van der Waals surface area contributed by atoms with Gasteiger partial charge in [-0.3, -0.25) is 14.4 Å². The number of aliphatic carboxylic acids is 1. The molecule has 0 aromatic heterocycles. The van der Waals surface area contributed by atoms with Crippen LogP contribution in [0.5, 0.6) is 0 Å². The third-order valence-corrected chi connectivity index (χ3v) is 5.97. The number of nitrogens with zero attached hydrogens (tertiary/aromatic N) is 1. The average molecular weight is 409 g/mol. The van der Waals surface area contributed by atoms with E-state index in [-0.39, 0.29) is 16.1 Å². The maximum Gasteiger partial charge on any atom is 0.305 e. The summed E-state index contributed by atoms with van der Waals surface area (Å²) in [5.74, 6) is -2.48. The van der Waals surface area contributed by atoms with Crippen LogP contribution in [0.1, 0.15) is 27.1 Å². The van der Waals surface area contributed by atoms with E-state index in [4.69, 9.17) is 16.7 Å². The summed E-state index contributed by atoms with van der Waals surface area (Å²) in [4.78, 5) is 34.9. The van der Waals surface area contributed by atoms with Gasteiger partial charge in [-0.2, -0.15) is 0 Å². The predicted molar refractivity (Wildman–Crippen MR) is 96.3 cm³/mol. The minimum atomic E-state index is -4.17. The lowest BCUT2D eigenvalue weighted by atomic mass is 10.1. The Balaban J connectivity index is 1.87. The van der Waals surface area contributed by atoms with Crippen molar-refractivity contribution in [3.8, 4) is 0 Å². The second-order valence-corrected chi connectivity index (χ2v) is 7.97. The van der Waals surface area contributed by atoms with Crippen LogP contribution in [0.25, 0.3) is 0 Å². The van der Waals surface area contributed by atoms with Crippen LogP contribution in [0.15, 0.2) is 47.4 Å². The van der Waals surface area contributed by atoms with Crippen LogP contribution in [-0.2, 0) is 14.8 Å². The molecule has 8 nitrogen and oxygen atoms in total. The smallest absolute Gasteiger partial charge is 0.305 e. The molecule has 2 aromatic carbocycles. The Kier molecular flexibility index (Phi) is 4.90. The van der Waals surface area contributed by atoms with Crippen LogP contribution in [0.2, 0.25) is 5.02 Å². The third-order valence-electron chi connectivity index (χ3n) is 3.90. The molecule has 0 fully saturated rings. The highest BCUT2D eigenvalue weighted by atomic mass is 35.5. The Morgan fingerprint density at radius 1 is 1.11 bits per heavy atom. The molecule has 0 bridgehead atoms. The number of fused-ring (bicyclic) bond motifs is 1. The van der Waals surface area contributed by atoms with Crippen LogP contribution in [0, 0.1) is 0 Å². The van der Waals surface area contributed by atoms with Crippen LogP contribution >= 0.6 is 11.6 Å². The first kappa shape index (κ1) is 18.9. The van der Waals surface area contributed by atoms with Gasteiger partial charge < -0.3 is 10.4 Å². The van der Waals surface area contributed by atoms with E-state index in [9.17, 15) is 22.8 Å². The largest absolute Gasteiger partial charge is 0.481 e. The number of amides is 2. The number of hydrogen-bond donors (Lipinski definition) is 2. The number of carbonyl (C=O) groups excluding carboxylic acids is 2. The van der Waals surface area contributed by atoms with Gasteiger partial charge in [0.1, 0.15) is 4.90 Å². The molecule has 27 heavy (non-hydrogen) atoms. The second kappa shape index (κ2) is 7.01. The number of hydrogen-bond acceptors (Lipinski definition) is 5. The number of nitrogens with one attached hydrogen (secondary N) is 1. The van der Waals surface area contributed by atoms with E-state index in [0.29, 0.717) is 14.9 Å². The number of anilines is 1. The van der Waals surface area contributed by atoms with Crippen molar-refractivity contribution >= 4 is 45.1 Å². The summed E-state index contributed by atoms with van der Waals surface area (Å²) in [6.07, 6.45) is -0.501. The molecule has 0 aliphatic carbocycles. The highest BCUT2D eigenvalue weighted by Crippen LogP contribution is 2.32. The zero-order chi connectivity index (χ0) is 19.8. The average Bonchev–Trinajstić information content (AvgIpc) is 2.79. The number of rotatable bonds is 5. The summed E-state index contributed by atoms with van der Waals surface area (Å²) < 4.78 is 25.6. The lowest BCUT2D eigenvalue weighted by Crippen LogP contribution is -2.32. The summed E-state index contributed by atoms with van der Waals surface area (Å²) in [5, 5.41) is 11.7. The van der Waals surface area contributed by atoms with E-state index in [1.54, 1.807) is 12.1 Å². The van der Waals surface area contributed by atoms with E-state index in [2.05, 4.69) is 5.32 Å². The minimum Gasteiger partial charge on any atom is -0.481 e. The Morgan fingerprint density at radius 2 is 1.78 bits per heavy atom. The molecule has 0 radical (unpaired) electrons. The van der Waals surface area contributed by atoms with Crippen molar-refractivity contribution in [2.75, 3.05) is 11.9 Å². The van der Waals surface area contributed by atoms with Crippen molar-refractivity contribution in [1.82, 2.24) is 4.31 Å². The van der Waals surface area contributed by atoms with Crippen LogP contribution < -0.4 is 5.32 Å². The Morgan fingerprint density at radius 3 is 2.41 bits per heavy atom. The van der Waals surface area contributed by atoms with E-state index in [1.165, 1.54) is 30.3 Å². The van der Waals surface area contributed by atoms with Crippen molar-refractivity contribution < 1.29 is 27.9 Å². The lowest BCUT2D eigenvalue weighted by Gasteiger charge is -2.13. The fourth-order valence-electron chi connectivity index (χ4n) is 2.58.